The zero-order valence-corrected chi connectivity index (χ0v) is 12.6. The predicted molar refractivity (Wildman–Crippen MR) is 81.9 cm³/mol. The molecule has 1 aromatic carbocycles. The zero-order chi connectivity index (χ0) is 13.7. The van der Waals surface area contributed by atoms with Gasteiger partial charge in [-0.2, -0.15) is 0 Å². The van der Waals surface area contributed by atoms with Gasteiger partial charge >= 0.3 is 0 Å². The molecule has 0 aliphatic rings. The summed E-state index contributed by atoms with van der Waals surface area (Å²) in [6.45, 7) is 5.30. The average molecular weight is 275 g/mol. The van der Waals surface area contributed by atoms with Gasteiger partial charge in [0.05, 0.1) is 7.11 Å². The molecule has 1 unspecified atom stereocenters. The number of rotatable bonds is 6. The largest absolute Gasteiger partial charge is 0.497 e. The van der Waals surface area contributed by atoms with E-state index in [1.807, 2.05) is 23.5 Å². The third-order valence-corrected chi connectivity index (χ3v) is 4.64. The number of benzene rings is 1. The summed E-state index contributed by atoms with van der Waals surface area (Å²) in [5, 5.41) is 3.56. The van der Waals surface area contributed by atoms with Crippen LogP contribution in [0, 0.1) is 0 Å². The van der Waals surface area contributed by atoms with Crippen LogP contribution in [0.4, 0.5) is 0 Å². The van der Waals surface area contributed by atoms with Crippen molar-refractivity contribution in [3.63, 3.8) is 0 Å². The second kappa shape index (κ2) is 6.73. The lowest BCUT2D eigenvalue weighted by Gasteiger charge is -2.12. The molecule has 2 rings (SSSR count). The highest BCUT2D eigenvalue weighted by molar-refractivity contribution is 7.12. The predicted octanol–water partition coefficient (Wildman–Crippen LogP) is 4.17. The fourth-order valence-electron chi connectivity index (χ4n) is 1.93. The first kappa shape index (κ1) is 14.1. The minimum absolute atomic E-state index is 0.396. The summed E-state index contributed by atoms with van der Waals surface area (Å²) in [5.41, 5.74) is 1.28. The number of hydrogen-bond donors (Lipinski definition) is 1. The van der Waals surface area contributed by atoms with Crippen molar-refractivity contribution in [2.24, 2.45) is 0 Å². The molecule has 102 valence electrons. The highest BCUT2D eigenvalue weighted by atomic mass is 32.1. The van der Waals surface area contributed by atoms with Gasteiger partial charge in [0.1, 0.15) is 5.75 Å². The third kappa shape index (κ3) is 3.82. The molecule has 0 aliphatic heterocycles. The van der Waals surface area contributed by atoms with Crippen molar-refractivity contribution in [3.8, 4) is 5.75 Å². The molecule has 0 bridgehead atoms. The molecular formula is C16H21NOS. The summed E-state index contributed by atoms with van der Waals surface area (Å²) >= 11 is 1.90. The van der Waals surface area contributed by atoms with Gasteiger partial charge in [0.15, 0.2) is 0 Å². The fourth-order valence-corrected chi connectivity index (χ4v) is 2.91. The van der Waals surface area contributed by atoms with Crippen molar-refractivity contribution in [2.45, 2.75) is 32.9 Å². The lowest BCUT2D eigenvalue weighted by atomic mass is 10.2. The first-order valence-electron chi connectivity index (χ1n) is 6.68. The van der Waals surface area contributed by atoms with E-state index in [1.165, 1.54) is 15.3 Å². The molecular weight excluding hydrogens is 254 g/mol. The lowest BCUT2D eigenvalue weighted by Crippen LogP contribution is -2.17. The molecule has 0 saturated heterocycles. The second-order valence-corrected chi connectivity index (χ2v) is 5.81. The summed E-state index contributed by atoms with van der Waals surface area (Å²) in [4.78, 5) is 2.86. The van der Waals surface area contributed by atoms with E-state index >= 15 is 0 Å². The van der Waals surface area contributed by atoms with Gasteiger partial charge in [-0.25, -0.2) is 0 Å². The van der Waals surface area contributed by atoms with Gasteiger partial charge in [-0.15, -0.1) is 11.3 Å². The van der Waals surface area contributed by atoms with Crippen LogP contribution >= 0.6 is 11.3 Å². The highest BCUT2D eigenvalue weighted by Gasteiger charge is 2.07. The summed E-state index contributed by atoms with van der Waals surface area (Å²) in [5.74, 6) is 0.905. The third-order valence-electron chi connectivity index (χ3n) is 3.23. The van der Waals surface area contributed by atoms with Gasteiger partial charge in [-0.3, -0.25) is 0 Å². The second-order valence-electron chi connectivity index (χ2n) is 4.61. The first-order chi connectivity index (χ1) is 9.22. The van der Waals surface area contributed by atoms with Crippen molar-refractivity contribution in [1.82, 2.24) is 5.32 Å². The molecule has 0 amide bonds. The van der Waals surface area contributed by atoms with E-state index in [1.54, 1.807) is 7.11 Å². The van der Waals surface area contributed by atoms with Gasteiger partial charge in [-0.05, 0) is 43.2 Å². The monoisotopic (exact) mass is 275 g/mol. The quantitative estimate of drug-likeness (QED) is 0.854. The van der Waals surface area contributed by atoms with E-state index in [0.717, 1.165) is 18.7 Å². The summed E-state index contributed by atoms with van der Waals surface area (Å²) < 4.78 is 5.16. The highest BCUT2D eigenvalue weighted by Crippen LogP contribution is 2.23. The smallest absolute Gasteiger partial charge is 0.118 e. The van der Waals surface area contributed by atoms with Crippen LogP contribution in [-0.4, -0.2) is 7.11 Å². The van der Waals surface area contributed by atoms with Crippen LogP contribution in [0.5, 0.6) is 5.75 Å². The van der Waals surface area contributed by atoms with Crippen molar-refractivity contribution < 1.29 is 4.74 Å². The molecule has 1 atom stereocenters. The van der Waals surface area contributed by atoms with Crippen LogP contribution in [0.2, 0.25) is 0 Å². The molecule has 0 fully saturated rings. The maximum Gasteiger partial charge on any atom is 0.118 e. The van der Waals surface area contributed by atoms with E-state index in [9.17, 15) is 0 Å². The molecule has 19 heavy (non-hydrogen) atoms. The number of aryl methyl sites for hydroxylation is 1. The van der Waals surface area contributed by atoms with Crippen LogP contribution in [0.25, 0.3) is 0 Å². The van der Waals surface area contributed by atoms with E-state index in [0.29, 0.717) is 6.04 Å². The molecule has 0 spiro atoms. The van der Waals surface area contributed by atoms with Crippen molar-refractivity contribution in [1.29, 1.82) is 0 Å². The Morgan fingerprint density at radius 3 is 2.47 bits per heavy atom. The van der Waals surface area contributed by atoms with Crippen LogP contribution in [-0.2, 0) is 13.0 Å². The number of ether oxygens (including phenoxy) is 1. The zero-order valence-electron chi connectivity index (χ0n) is 11.8. The van der Waals surface area contributed by atoms with E-state index in [-0.39, 0.29) is 0 Å². The molecule has 3 heteroatoms. The van der Waals surface area contributed by atoms with E-state index in [4.69, 9.17) is 4.74 Å². The standard InChI is InChI=1S/C16H21NOS/c1-4-15-9-10-16(19-15)12(2)17-11-13-5-7-14(18-3)8-6-13/h5-10,12,17H,4,11H2,1-3H3. The van der Waals surface area contributed by atoms with E-state index in [2.05, 4.69) is 43.4 Å². The maximum absolute atomic E-state index is 5.16. The number of nitrogens with one attached hydrogen (secondary N) is 1. The van der Waals surface area contributed by atoms with Crippen molar-refractivity contribution in [2.75, 3.05) is 7.11 Å². The normalized spacial score (nSPS) is 12.4. The Kier molecular flexibility index (Phi) is 5.00. The summed E-state index contributed by atoms with van der Waals surface area (Å²) in [6, 6.07) is 13.1. The van der Waals surface area contributed by atoms with Gasteiger partial charge in [0.25, 0.3) is 0 Å². The summed E-state index contributed by atoms with van der Waals surface area (Å²) in [6.07, 6.45) is 1.12. The molecule has 2 aromatic rings. The molecule has 1 heterocycles. The molecule has 1 aromatic heterocycles. The van der Waals surface area contributed by atoms with Gasteiger partial charge in [0.2, 0.25) is 0 Å². The number of hydrogen-bond acceptors (Lipinski definition) is 3. The van der Waals surface area contributed by atoms with Gasteiger partial charge in [-0.1, -0.05) is 19.1 Å². The minimum Gasteiger partial charge on any atom is -0.497 e. The Bertz CT molecular complexity index is 504. The Labute approximate surface area is 119 Å². The van der Waals surface area contributed by atoms with Crippen LogP contribution in [0.3, 0.4) is 0 Å². The Morgan fingerprint density at radius 1 is 1.16 bits per heavy atom. The van der Waals surface area contributed by atoms with Crippen LogP contribution in [0.15, 0.2) is 36.4 Å². The minimum atomic E-state index is 0.396. The fraction of sp³-hybridized carbons (Fsp3) is 0.375. The lowest BCUT2D eigenvalue weighted by molar-refractivity contribution is 0.414. The average Bonchev–Trinajstić information content (AvgIpc) is 2.94. The Morgan fingerprint density at radius 2 is 1.89 bits per heavy atom. The molecule has 0 aliphatic carbocycles. The molecule has 2 nitrogen and oxygen atoms in total. The molecule has 1 N–H and O–H groups in total. The van der Waals surface area contributed by atoms with Gasteiger partial charge in [0, 0.05) is 22.3 Å². The first-order valence-corrected chi connectivity index (χ1v) is 7.49. The van der Waals surface area contributed by atoms with Gasteiger partial charge < -0.3 is 10.1 Å². The van der Waals surface area contributed by atoms with Crippen molar-refractivity contribution in [3.05, 3.63) is 51.7 Å². The number of methoxy groups -OCH3 is 1. The van der Waals surface area contributed by atoms with E-state index < -0.39 is 0 Å². The Balaban J connectivity index is 1.90. The molecule has 0 radical (unpaired) electrons. The topological polar surface area (TPSA) is 21.3 Å². The van der Waals surface area contributed by atoms with Crippen molar-refractivity contribution >= 4 is 11.3 Å². The molecule has 0 saturated carbocycles. The Hall–Kier alpha value is -1.32. The van der Waals surface area contributed by atoms with Crippen LogP contribution in [0.1, 0.15) is 35.2 Å². The van der Waals surface area contributed by atoms with Crippen LogP contribution < -0.4 is 10.1 Å². The SMILES string of the molecule is CCc1ccc(C(C)NCc2ccc(OC)cc2)s1. The summed E-state index contributed by atoms with van der Waals surface area (Å²) in [7, 11) is 1.69. The number of thiophene rings is 1. The maximum atomic E-state index is 5.16.